The number of rotatable bonds is 1. The molecule has 0 saturated carbocycles. The lowest BCUT2D eigenvalue weighted by molar-refractivity contribution is -0.172. The molecule has 0 saturated heterocycles. The zero-order chi connectivity index (χ0) is 15.1. The van der Waals surface area contributed by atoms with E-state index in [9.17, 15) is 22.8 Å². The minimum absolute atomic E-state index is 0.0148. The number of benzene rings is 1. The summed E-state index contributed by atoms with van der Waals surface area (Å²) in [7, 11) is 0. The van der Waals surface area contributed by atoms with Gasteiger partial charge in [0.1, 0.15) is 6.04 Å². The number of para-hydroxylation sites is 1. The Kier molecular flexibility index (Phi) is 3.45. The number of alkyl halides is 3. The van der Waals surface area contributed by atoms with Gasteiger partial charge in [0, 0.05) is 5.69 Å². The Morgan fingerprint density at radius 2 is 1.90 bits per heavy atom. The Morgan fingerprint density at radius 3 is 2.45 bits per heavy atom. The van der Waals surface area contributed by atoms with Crippen LogP contribution < -0.4 is 4.90 Å². The van der Waals surface area contributed by atoms with Crippen molar-refractivity contribution in [2.45, 2.75) is 31.5 Å². The zero-order valence-electron chi connectivity index (χ0n) is 10.5. The zero-order valence-corrected chi connectivity index (χ0v) is 10.5. The topological polar surface area (TPSA) is 57.6 Å². The fourth-order valence-corrected chi connectivity index (χ4v) is 2.46. The molecule has 2 rings (SSSR count). The molecule has 2 atom stereocenters. The standard InChI is InChI=1S/C13H12F3NO3/c1-7-6-10(11(18)19)17(12(20)13(14,15)16)9-5-3-2-4-8(7)9/h2-5,7,10H,6H2,1H3,(H,18,19)/t7-,10-/m1/s1. The van der Waals surface area contributed by atoms with Gasteiger partial charge in [-0.2, -0.15) is 13.2 Å². The highest BCUT2D eigenvalue weighted by Gasteiger charge is 2.49. The molecule has 0 aliphatic carbocycles. The van der Waals surface area contributed by atoms with E-state index in [-0.39, 0.29) is 18.0 Å². The van der Waals surface area contributed by atoms with Crippen LogP contribution in [-0.2, 0) is 9.59 Å². The Morgan fingerprint density at radius 1 is 1.30 bits per heavy atom. The molecule has 1 aliphatic heterocycles. The smallest absolute Gasteiger partial charge is 0.471 e. The van der Waals surface area contributed by atoms with E-state index in [1.54, 1.807) is 19.1 Å². The van der Waals surface area contributed by atoms with Crippen molar-refractivity contribution in [2.75, 3.05) is 4.90 Å². The van der Waals surface area contributed by atoms with E-state index in [4.69, 9.17) is 5.11 Å². The second-order valence-electron chi connectivity index (χ2n) is 4.72. The Hall–Kier alpha value is -2.05. The summed E-state index contributed by atoms with van der Waals surface area (Å²) in [5, 5.41) is 9.11. The molecule has 1 N–H and O–H groups in total. The predicted molar refractivity (Wildman–Crippen MR) is 64.4 cm³/mol. The van der Waals surface area contributed by atoms with E-state index >= 15 is 0 Å². The first-order chi connectivity index (χ1) is 9.23. The SMILES string of the molecule is C[C@@H]1C[C@H](C(=O)O)N(C(=O)C(F)(F)F)c2ccccc21. The highest BCUT2D eigenvalue weighted by Crippen LogP contribution is 2.40. The minimum atomic E-state index is -5.11. The second-order valence-corrected chi connectivity index (χ2v) is 4.72. The van der Waals surface area contributed by atoms with Crippen LogP contribution in [0.15, 0.2) is 24.3 Å². The van der Waals surface area contributed by atoms with Crippen molar-refractivity contribution in [2.24, 2.45) is 0 Å². The molecular formula is C13H12F3NO3. The first-order valence-electron chi connectivity index (χ1n) is 5.95. The lowest BCUT2D eigenvalue weighted by Crippen LogP contribution is -2.53. The molecule has 20 heavy (non-hydrogen) atoms. The maximum absolute atomic E-state index is 12.7. The van der Waals surface area contributed by atoms with Crippen molar-refractivity contribution >= 4 is 17.6 Å². The summed E-state index contributed by atoms with van der Waals surface area (Å²) in [5.41, 5.74) is 0.559. The average molecular weight is 287 g/mol. The summed E-state index contributed by atoms with van der Waals surface area (Å²) in [6.45, 7) is 1.73. The van der Waals surface area contributed by atoms with E-state index in [1.165, 1.54) is 12.1 Å². The molecule has 0 fully saturated rings. The quantitative estimate of drug-likeness (QED) is 0.863. The van der Waals surface area contributed by atoms with Gasteiger partial charge in [-0.15, -0.1) is 0 Å². The number of hydrogen-bond donors (Lipinski definition) is 1. The van der Waals surface area contributed by atoms with Crippen LogP contribution in [0.3, 0.4) is 0 Å². The van der Waals surface area contributed by atoms with E-state index < -0.39 is 24.1 Å². The third kappa shape index (κ3) is 2.35. The summed E-state index contributed by atoms with van der Waals surface area (Å²) in [6, 6.07) is 4.56. The first-order valence-corrected chi connectivity index (χ1v) is 5.95. The van der Waals surface area contributed by atoms with Gasteiger partial charge in [0.25, 0.3) is 0 Å². The summed E-state index contributed by atoms with van der Waals surface area (Å²) in [4.78, 5) is 23.1. The molecule has 1 amide bonds. The largest absolute Gasteiger partial charge is 0.480 e. The lowest BCUT2D eigenvalue weighted by Gasteiger charge is -2.37. The number of hydrogen-bond acceptors (Lipinski definition) is 2. The summed E-state index contributed by atoms with van der Waals surface area (Å²) < 4.78 is 38.0. The number of amides is 1. The summed E-state index contributed by atoms with van der Waals surface area (Å²) >= 11 is 0. The third-order valence-corrected chi connectivity index (χ3v) is 3.36. The number of halogens is 3. The van der Waals surface area contributed by atoms with Gasteiger partial charge >= 0.3 is 18.1 Å². The van der Waals surface area contributed by atoms with E-state index in [2.05, 4.69) is 0 Å². The van der Waals surface area contributed by atoms with Gasteiger partial charge in [0.15, 0.2) is 0 Å². The van der Waals surface area contributed by atoms with Crippen molar-refractivity contribution in [1.29, 1.82) is 0 Å². The van der Waals surface area contributed by atoms with Crippen molar-refractivity contribution in [3.8, 4) is 0 Å². The van der Waals surface area contributed by atoms with Crippen molar-refractivity contribution in [1.82, 2.24) is 0 Å². The molecule has 0 aromatic heterocycles. The van der Waals surface area contributed by atoms with Crippen LogP contribution >= 0.6 is 0 Å². The van der Waals surface area contributed by atoms with Crippen LogP contribution in [0.5, 0.6) is 0 Å². The first kappa shape index (κ1) is 14.4. The van der Waals surface area contributed by atoms with Crippen LogP contribution in [-0.4, -0.2) is 29.2 Å². The summed E-state index contributed by atoms with van der Waals surface area (Å²) in [6.07, 6.45) is -5.16. The molecule has 0 radical (unpaired) electrons. The van der Waals surface area contributed by atoms with Crippen LogP contribution in [0.4, 0.5) is 18.9 Å². The molecule has 0 unspecified atom stereocenters. The van der Waals surface area contributed by atoms with Gasteiger partial charge in [0.05, 0.1) is 0 Å². The van der Waals surface area contributed by atoms with Crippen molar-refractivity contribution < 1.29 is 27.9 Å². The molecule has 4 nitrogen and oxygen atoms in total. The highest BCUT2D eigenvalue weighted by atomic mass is 19.4. The van der Waals surface area contributed by atoms with Gasteiger partial charge in [-0.1, -0.05) is 25.1 Å². The van der Waals surface area contributed by atoms with Crippen LogP contribution in [0.1, 0.15) is 24.8 Å². The third-order valence-electron chi connectivity index (χ3n) is 3.36. The maximum Gasteiger partial charge on any atom is 0.471 e. The molecular weight excluding hydrogens is 275 g/mol. The Labute approximate surface area is 112 Å². The fourth-order valence-electron chi connectivity index (χ4n) is 2.46. The number of carbonyl (C=O) groups excluding carboxylic acids is 1. The van der Waals surface area contributed by atoms with E-state index in [0.29, 0.717) is 10.5 Å². The predicted octanol–water partition coefficient (Wildman–Crippen LogP) is 2.54. The van der Waals surface area contributed by atoms with Crippen LogP contribution in [0.25, 0.3) is 0 Å². The lowest BCUT2D eigenvalue weighted by atomic mass is 9.86. The Balaban J connectivity index is 2.56. The number of carbonyl (C=O) groups is 2. The van der Waals surface area contributed by atoms with Gasteiger partial charge in [-0.05, 0) is 24.0 Å². The summed E-state index contributed by atoms with van der Waals surface area (Å²) in [5.74, 6) is -3.82. The molecule has 1 aromatic carbocycles. The number of nitrogens with zero attached hydrogens (tertiary/aromatic N) is 1. The number of aliphatic carboxylic acids is 1. The molecule has 0 spiro atoms. The molecule has 0 bridgehead atoms. The molecule has 1 aromatic rings. The molecule has 1 aliphatic rings. The van der Waals surface area contributed by atoms with Crippen LogP contribution in [0.2, 0.25) is 0 Å². The maximum atomic E-state index is 12.7. The van der Waals surface area contributed by atoms with Crippen LogP contribution in [0, 0.1) is 0 Å². The van der Waals surface area contributed by atoms with Crippen molar-refractivity contribution in [3.63, 3.8) is 0 Å². The van der Waals surface area contributed by atoms with E-state index in [1.807, 2.05) is 0 Å². The number of carboxylic acid groups (broad SMARTS) is 1. The Bertz CT molecular complexity index is 556. The number of fused-ring (bicyclic) bond motifs is 1. The fraction of sp³-hybridized carbons (Fsp3) is 0.385. The average Bonchev–Trinajstić information content (AvgIpc) is 2.36. The molecule has 1 heterocycles. The van der Waals surface area contributed by atoms with Gasteiger partial charge < -0.3 is 5.11 Å². The molecule has 7 heteroatoms. The second kappa shape index (κ2) is 4.81. The monoisotopic (exact) mass is 287 g/mol. The van der Waals surface area contributed by atoms with Gasteiger partial charge in [-0.25, -0.2) is 4.79 Å². The number of anilines is 1. The van der Waals surface area contributed by atoms with E-state index in [0.717, 1.165) is 0 Å². The van der Waals surface area contributed by atoms with Gasteiger partial charge in [-0.3, -0.25) is 9.69 Å². The minimum Gasteiger partial charge on any atom is -0.480 e. The normalized spacial score (nSPS) is 22.3. The van der Waals surface area contributed by atoms with Gasteiger partial charge in [0.2, 0.25) is 0 Å². The number of carboxylic acids is 1. The van der Waals surface area contributed by atoms with Crippen molar-refractivity contribution in [3.05, 3.63) is 29.8 Å². The molecule has 108 valence electrons. The highest BCUT2D eigenvalue weighted by molar-refractivity contribution is 6.03.